The molecule has 0 saturated heterocycles. The van der Waals surface area contributed by atoms with Gasteiger partial charge in [-0.1, -0.05) is 6.58 Å². The van der Waals surface area contributed by atoms with E-state index < -0.39 is 12.1 Å². The van der Waals surface area contributed by atoms with E-state index in [1.165, 1.54) is 6.92 Å². The number of nitrogens with zero attached hydrogens (tertiary/aromatic N) is 1. The average molecular weight is 238 g/mol. The summed E-state index contributed by atoms with van der Waals surface area (Å²) in [6.07, 6.45) is -0.792. The van der Waals surface area contributed by atoms with Crippen LogP contribution in [0.4, 0.5) is 0 Å². The third-order valence-corrected chi connectivity index (χ3v) is 1.29. The number of halogens is 1. The Balaban J connectivity index is 0. The highest BCUT2D eigenvalue weighted by Gasteiger charge is 2.07. The maximum absolute atomic E-state index is 10.7. The van der Waals surface area contributed by atoms with E-state index in [1.54, 1.807) is 0 Å². The lowest BCUT2D eigenvalue weighted by Crippen LogP contribution is -2.19. The predicted molar refractivity (Wildman–Crippen MR) is 62.1 cm³/mol. The Bertz CT molecular complexity index is 192. The summed E-state index contributed by atoms with van der Waals surface area (Å²) >= 11 is 5.25. The van der Waals surface area contributed by atoms with Crippen LogP contribution in [0.3, 0.4) is 0 Å². The number of carbonyl (C=O) groups is 1. The minimum Gasteiger partial charge on any atom is -0.460 e. The number of hydrogen-bond acceptors (Lipinski definition) is 4. The molecule has 5 heteroatoms. The first-order valence-electron chi connectivity index (χ1n) is 4.48. The first-order valence-corrected chi connectivity index (χ1v) is 5.02. The summed E-state index contributed by atoms with van der Waals surface area (Å²) in [5, 5.41) is 8.85. The normalized spacial score (nSPS) is 11.4. The fourth-order valence-corrected chi connectivity index (χ4v) is 0.429. The molecule has 0 aromatic rings. The van der Waals surface area contributed by atoms with Crippen molar-refractivity contribution < 1.29 is 14.6 Å². The molecule has 0 bridgehead atoms. The van der Waals surface area contributed by atoms with Gasteiger partial charge in [0, 0.05) is 5.57 Å². The molecular formula is C10H20ClNO3. The molecular weight excluding hydrogens is 218 g/mol. The van der Waals surface area contributed by atoms with Crippen LogP contribution in [0, 0.1) is 0 Å². The Hall–Kier alpha value is -0.580. The molecule has 0 aliphatic carbocycles. The molecule has 0 aromatic heterocycles. The summed E-state index contributed by atoms with van der Waals surface area (Å²) in [7, 11) is 6.00. The van der Waals surface area contributed by atoms with Crippen molar-refractivity contribution in [1.82, 2.24) is 4.90 Å². The molecule has 90 valence electrons. The molecule has 0 radical (unpaired) electrons. The molecule has 0 heterocycles. The van der Waals surface area contributed by atoms with Gasteiger partial charge in [-0.15, -0.1) is 11.6 Å². The van der Waals surface area contributed by atoms with Gasteiger partial charge in [0.1, 0.15) is 12.7 Å². The molecule has 1 unspecified atom stereocenters. The molecule has 0 aromatic carbocycles. The highest BCUT2D eigenvalue weighted by atomic mass is 35.5. The summed E-state index contributed by atoms with van der Waals surface area (Å²) in [6, 6.07) is 0. The van der Waals surface area contributed by atoms with Gasteiger partial charge in [0.05, 0.1) is 5.88 Å². The van der Waals surface area contributed by atoms with Gasteiger partial charge < -0.3 is 14.7 Å². The quantitative estimate of drug-likeness (QED) is 0.448. The molecule has 0 spiro atoms. The van der Waals surface area contributed by atoms with E-state index in [9.17, 15) is 4.79 Å². The number of alkyl halides is 1. The number of esters is 1. The molecule has 15 heavy (non-hydrogen) atoms. The zero-order chi connectivity index (χ0) is 12.4. The van der Waals surface area contributed by atoms with Gasteiger partial charge in [0.15, 0.2) is 0 Å². The lowest BCUT2D eigenvalue weighted by atomic mass is 10.3. The number of rotatable bonds is 4. The van der Waals surface area contributed by atoms with Gasteiger partial charge in [0.25, 0.3) is 0 Å². The van der Waals surface area contributed by atoms with Crippen molar-refractivity contribution in [3.05, 3.63) is 12.2 Å². The maximum atomic E-state index is 10.7. The second-order valence-corrected chi connectivity index (χ2v) is 3.84. The van der Waals surface area contributed by atoms with Crippen LogP contribution < -0.4 is 0 Å². The van der Waals surface area contributed by atoms with Crippen molar-refractivity contribution in [2.24, 2.45) is 0 Å². The predicted octanol–water partition coefficient (Wildman–Crippen LogP) is 0.883. The second-order valence-electron chi connectivity index (χ2n) is 3.53. The first kappa shape index (κ1) is 16.8. The lowest BCUT2D eigenvalue weighted by molar-refractivity contribution is -0.141. The number of aliphatic hydroxyl groups excluding tert-OH is 1. The molecule has 1 atom stereocenters. The largest absolute Gasteiger partial charge is 0.460 e. The van der Waals surface area contributed by atoms with E-state index in [2.05, 4.69) is 11.3 Å². The molecule has 0 aliphatic heterocycles. The Morgan fingerprint density at radius 1 is 1.53 bits per heavy atom. The molecule has 1 N–H and O–H groups in total. The Morgan fingerprint density at radius 3 is 2.20 bits per heavy atom. The maximum Gasteiger partial charge on any atom is 0.333 e. The Labute approximate surface area is 96.5 Å². The summed E-state index contributed by atoms with van der Waals surface area (Å²) in [5.74, 6) is -0.446. The average Bonchev–Trinajstić information content (AvgIpc) is 2.12. The molecule has 0 rings (SSSR count). The molecule has 0 aliphatic rings. The standard InChI is InChI=1S/C7H11ClO3.C3H9N/c1-5(2)7(10)11-4-6(9)3-8;1-4(2)3/h6,9H,1,3-4H2,2H3;1-3H3. The second kappa shape index (κ2) is 9.96. The van der Waals surface area contributed by atoms with Crippen LogP contribution in [-0.4, -0.2) is 55.7 Å². The van der Waals surface area contributed by atoms with Gasteiger partial charge in [-0.05, 0) is 28.1 Å². The number of carbonyl (C=O) groups excluding carboxylic acids is 1. The Kier molecular flexibility index (Phi) is 11.2. The highest BCUT2D eigenvalue weighted by molar-refractivity contribution is 6.18. The number of ether oxygens (including phenoxy) is 1. The van der Waals surface area contributed by atoms with Crippen molar-refractivity contribution in [3.63, 3.8) is 0 Å². The Morgan fingerprint density at radius 2 is 1.93 bits per heavy atom. The molecule has 0 fully saturated rings. The third-order valence-electron chi connectivity index (χ3n) is 0.933. The van der Waals surface area contributed by atoms with E-state index in [1.807, 2.05) is 26.0 Å². The molecule has 0 saturated carbocycles. The first-order chi connectivity index (χ1) is 6.81. The zero-order valence-electron chi connectivity index (χ0n) is 9.79. The lowest BCUT2D eigenvalue weighted by Gasteiger charge is -2.07. The topological polar surface area (TPSA) is 49.8 Å². The van der Waals surface area contributed by atoms with E-state index in [-0.39, 0.29) is 12.5 Å². The fourth-order valence-electron chi connectivity index (χ4n) is 0.340. The monoisotopic (exact) mass is 237 g/mol. The SMILES string of the molecule is C=C(C)C(=O)OCC(O)CCl.CN(C)C. The summed E-state index contributed by atoms with van der Waals surface area (Å²) < 4.78 is 4.58. The van der Waals surface area contributed by atoms with E-state index in [0.29, 0.717) is 5.57 Å². The van der Waals surface area contributed by atoms with Crippen molar-refractivity contribution >= 4 is 17.6 Å². The number of aliphatic hydroxyl groups is 1. The van der Waals surface area contributed by atoms with Gasteiger partial charge in [-0.3, -0.25) is 0 Å². The van der Waals surface area contributed by atoms with E-state index in [4.69, 9.17) is 16.7 Å². The minimum absolute atomic E-state index is 0.0590. The van der Waals surface area contributed by atoms with E-state index in [0.717, 1.165) is 0 Å². The van der Waals surface area contributed by atoms with Crippen LogP contribution in [0.15, 0.2) is 12.2 Å². The summed E-state index contributed by atoms with van der Waals surface area (Å²) in [6.45, 7) is 4.83. The van der Waals surface area contributed by atoms with Crippen molar-refractivity contribution in [2.45, 2.75) is 13.0 Å². The van der Waals surface area contributed by atoms with Crippen LogP contribution in [0.1, 0.15) is 6.92 Å². The minimum atomic E-state index is -0.792. The van der Waals surface area contributed by atoms with Gasteiger partial charge in [0.2, 0.25) is 0 Å². The van der Waals surface area contributed by atoms with Gasteiger partial charge in [-0.2, -0.15) is 0 Å². The zero-order valence-corrected chi connectivity index (χ0v) is 10.5. The number of hydrogen-bond donors (Lipinski definition) is 1. The third kappa shape index (κ3) is 16.1. The smallest absolute Gasteiger partial charge is 0.333 e. The van der Waals surface area contributed by atoms with Crippen LogP contribution in [0.2, 0.25) is 0 Å². The van der Waals surface area contributed by atoms with Crippen LogP contribution >= 0.6 is 11.6 Å². The van der Waals surface area contributed by atoms with Gasteiger partial charge >= 0.3 is 5.97 Å². The van der Waals surface area contributed by atoms with Gasteiger partial charge in [-0.25, -0.2) is 4.79 Å². The van der Waals surface area contributed by atoms with Crippen LogP contribution in [0.25, 0.3) is 0 Å². The molecule has 0 amide bonds. The van der Waals surface area contributed by atoms with Crippen molar-refractivity contribution in [2.75, 3.05) is 33.6 Å². The van der Waals surface area contributed by atoms with Crippen molar-refractivity contribution in [3.8, 4) is 0 Å². The highest BCUT2D eigenvalue weighted by Crippen LogP contribution is 1.95. The van der Waals surface area contributed by atoms with Crippen LogP contribution in [0.5, 0.6) is 0 Å². The summed E-state index contributed by atoms with van der Waals surface area (Å²) in [5.41, 5.74) is 0.312. The summed E-state index contributed by atoms with van der Waals surface area (Å²) in [4.78, 5) is 12.7. The van der Waals surface area contributed by atoms with Crippen molar-refractivity contribution in [1.29, 1.82) is 0 Å². The fraction of sp³-hybridized carbons (Fsp3) is 0.700. The van der Waals surface area contributed by atoms with Crippen LogP contribution in [-0.2, 0) is 9.53 Å². The van der Waals surface area contributed by atoms with E-state index >= 15 is 0 Å². The molecule has 4 nitrogen and oxygen atoms in total.